The lowest BCUT2D eigenvalue weighted by molar-refractivity contribution is 0.122. The van der Waals surface area contributed by atoms with Gasteiger partial charge in [-0.15, -0.1) is 10.2 Å². The molecule has 1 aliphatic heterocycles. The van der Waals surface area contributed by atoms with Crippen molar-refractivity contribution >= 4 is 28.0 Å². The molecule has 0 radical (unpaired) electrons. The molecule has 1 aliphatic carbocycles. The molecule has 2 aliphatic rings. The number of fused-ring (bicyclic) bond motifs is 1. The monoisotopic (exact) mass is 378 g/mol. The molecule has 1 aromatic carbocycles. The summed E-state index contributed by atoms with van der Waals surface area (Å²) in [6.07, 6.45) is 4.97. The van der Waals surface area contributed by atoms with Crippen molar-refractivity contribution in [1.29, 1.82) is 0 Å². The molecule has 5 rings (SSSR count). The number of morpholine rings is 1. The van der Waals surface area contributed by atoms with Crippen molar-refractivity contribution in [2.24, 2.45) is 0 Å². The third-order valence-electron chi connectivity index (χ3n) is 4.83. The summed E-state index contributed by atoms with van der Waals surface area (Å²) in [7, 11) is 0. The topological polar surface area (TPSA) is 90.0 Å². The van der Waals surface area contributed by atoms with E-state index in [9.17, 15) is 0 Å². The van der Waals surface area contributed by atoms with Gasteiger partial charge in [-0.05, 0) is 29.7 Å². The first kappa shape index (κ1) is 16.3. The van der Waals surface area contributed by atoms with Crippen LogP contribution in [0.5, 0.6) is 0 Å². The molecule has 0 unspecified atom stereocenters. The third-order valence-corrected chi connectivity index (χ3v) is 5.63. The minimum Gasteiger partial charge on any atom is -0.378 e. The van der Waals surface area contributed by atoms with E-state index in [1.807, 2.05) is 12.3 Å². The molecule has 7 nitrogen and oxygen atoms in total. The van der Waals surface area contributed by atoms with Crippen LogP contribution in [0.2, 0.25) is 0 Å². The van der Waals surface area contributed by atoms with E-state index in [-0.39, 0.29) is 0 Å². The summed E-state index contributed by atoms with van der Waals surface area (Å²) >= 11 is 1.40. The van der Waals surface area contributed by atoms with Crippen LogP contribution in [0.15, 0.2) is 36.5 Å². The Morgan fingerprint density at radius 3 is 2.81 bits per heavy atom. The number of allylic oxidation sites excluding steroid dienone is 1. The number of nitrogens with zero attached hydrogens (tertiary/aromatic N) is 5. The van der Waals surface area contributed by atoms with Gasteiger partial charge in [-0.2, -0.15) is 0 Å². The van der Waals surface area contributed by atoms with E-state index in [1.54, 1.807) is 0 Å². The number of hydrogen-bond acceptors (Lipinski definition) is 8. The second-order valence-corrected chi connectivity index (χ2v) is 7.49. The van der Waals surface area contributed by atoms with Crippen LogP contribution >= 0.6 is 11.3 Å². The van der Waals surface area contributed by atoms with Crippen LogP contribution < -0.4 is 10.6 Å². The lowest BCUT2D eigenvalue weighted by Crippen LogP contribution is -2.37. The van der Waals surface area contributed by atoms with E-state index in [0.29, 0.717) is 18.3 Å². The van der Waals surface area contributed by atoms with Gasteiger partial charge >= 0.3 is 0 Å². The summed E-state index contributed by atoms with van der Waals surface area (Å²) in [6.45, 7) is 3.07. The van der Waals surface area contributed by atoms with Gasteiger partial charge in [0.25, 0.3) is 0 Å². The van der Waals surface area contributed by atoms with Gasteiger partial charge in [0.15, 0.2) is 0 Å². The Morgan fingerprint density at radius 1 is 1.11 bits per heavy atom. The number of ether oxygens (including phenoxy) is 1. The average molecular weight is 378 g/mol. The Labute approximate surface area is 160 Å². The van der Waals surface area contributed by atoms with E-state index in [1.165, 1.54) is 22.5 Å². The normalized spacial score (nSPS) is 16.3. The van der Waals surface area contributed by atoms with Crippen LogP contribution in [0.25, 0.3) is 16.1 Å². The van der Waals surface area contributed by atoms with Crippen molar-refractivity contribution in [2.45, 2.75) is 6.42 Å². The molecule has 2 aromatic heterocycles. The number of nitrogen functional groups attached to an aromatic ring is 1. The summed E-state index contributed by atoms with van der Waals surface area (Å²) in [5.41, 5.74) is 11.3. The Kier molecular flexibility index (Phi) is 4.06. The molecular weight excluding hydrogens is 360 g/mol. The number of aromatic nitrogens is 4. The first-order chi connectivity index (χ1) is 13.3. The zero-order valence-electron chi connectivity index (χ0n) is 14.6. The van der Waals surface area contributed by atoms with Crippen molar-refractivity contribution in [3.8, 4) is 10.6 Å². The molecule has 27 heavy (non-hydrogen) atoms. The van der Waals surface area contributed by atoms with E-state index in [4.69, 9.17) is 15.5 Å². The summed E-state index contributed by atoms with van der Waals surface area (Å²) in [6, 6.07) is 8.36. The molecule has 0 atom stereocenters. The van der Waals surface area contributed by atoms with Crippen molar-refractivity contribution in [1.82, 2.24) is 20.2 Å². The Balaban J connectivity index is 1.50. The summed E-state index contributed by atoms with van der Waals surface area (Å²) in [4.78, 5) is 11.5. The molecule has 0 bridgehead atoms. The van der Waals surface area contributed by atoms with E-state index in [0.717, 1.165) is 47.3 Å². The molecule has 3 heterocycles. The molecular formula is C19H18N6OS. The smallest absolute Gasteiger partial charge is 0.226 e. The fourth-order valence-corrected chi connectivity index (χ4v) is 4.07. The van der Waals surface area contributed by atoms with Gasteiger partial charge in [-0.25, -0.2) is 9.97 Å². The largest absolute Gasteiger partial charge is 0.378 e. The Morgan fingerprint density at radius 2 is 2.00 bits per heavy atom. The molecule has 136 valence electrons. The van der Waals surface area contributed by atoms with Crippen LogP contribution in [0.4, 0.5) is 11.1 Å². The highest BCUT2D eigenvalue weighted by molar-refractivity contribution is 7.18. The molecule has 3 aromatic rings. The minimum absolute atomic E-state index is 0.479. The lowest BCUT2D eigenvalue weighted by atomic mass is 10.0. The molecule has 0 amide bonds. The highest BCUT2D eigenvalue weighted by Gasteiger charge is 2.20. The Bertz CT molecular complexity index is 1020. The predicted molar refractivity (Wildman–Crippen MR) is 106 cm³/mol. The first-order valence-electron chi connectivity index (χ1n) is 8.87. The summed E-state index contributed by atoms with van der Waals surface area (Å²) in [5.74, 6) is 0.762. The van der Waals surface area contributed by atoms with Crippen molar-refractivity contribution in [3.05, 3.63) is 53.4 Å². The highest BCUT2D eigenvalue weighted by Crippen LogP contribution is 2.36. The maximum absolute atomic E-state index is 5.74. The van der Waals surface area contributed by atoms with Crippen LogP contribution in [-0.2, 0) is 11.2 Å². The Hall–Kier alpha value is -2.84. The first-order valence-corrected chi connectivity index (χ1v) is 9.68. The van der Waals surface area contributed by atoms with Gasteiger partial charge in [0.1, 0.15) is 5.01 Å². The molecule has 0 saturated carbocycles. The van der Waals surface area contributed by atoms with Crippen molar-refractivity contribution in [3.63, 3.8) is 0 Å². The molecule has 2 N–H and O–H groups in total. The average Bonchev–Trinajstić information content (AvgIpc) is 3.34. The number of benzene rings is 1. The number of hydrogen-bond donors (Lipinski definition) is 1. The standard InChI is InChI=1S/C19H18N6OS/c20-18-24-23-17(27-18)13-2-1-12-3-4-14(15(12)11-13)16-5-6-21-19(22-16)25-7-9-26-10-8-25/h1-2,4-6,11H,3,7-10H2,(H2,20,24). The van der Waals surface area contributed by atoms with Gasteiger partial charge in [0.05, 0.1) is 18.9 Å². The van der Waals surface area contributed by atoms with Gasteiger partial charge in [0, 0.05) is 30.4 Å². The van der Waals surface area contributed by atoms with Crippen LogP contribution in [-0.4, -0.2) is 46.5 Å². The molecule has 8 heteroatoms. The van der Waals surface area contributed by atoms with Crippen LogP contribution in [0, 0.1) is 0 Å². The zero-order chi connectivity index (χ0) is 18.2. The second-order valence-electron chi connectivity index (χ2n) is 6.48. The minimum atomic E-state index is 0.479. The number of rotatable bonds is 3. The second kappa shape index (κ2) is 6.71. The maximum atomic E-state index is 5.74. The van der Waals surface area contributed by atoms with E-state index < -0.39 is 0 Å². The van der Waals surface area contributed by atoms with Gasteiger partial charge < -0.3 is 15.4 Å². The number of anilines is 2. The number of nitrogens with two attached hydrogens (primary N) is 1. The lowest BCUT2D eigenvalue weighted by Gasteiger charge is -2.26. The maximum Gasteiger partial charge on any atom is 0.226 e. The highest BCUT2D eigenvalue weighted by atomic mass is 32.1. The fraction of sp³-hybridized carbons (Fsp3) is 0.263. The molecule has 1 saturated heterocycles. The van der Waals surface area contributed by atoms with Gasteiger partial charge in [-0.3, -0.25) is 0 Å². The van der Waals surface area contributed by atoms with Crippen molar-refractivity contribution in [2.75, 3.05) is 36.9 Å². The SMILES string of the molecule is Nc1nnc(-c2ccc3c(c2)C(c2ccnc(N4CCOCC4)n2)=CC3)s1. The van der Waals surface area contributed by atoms with Crippen molar-refractivity contribution < 1.29 is 4.74 Å². The summed E-state index contributed by atoms with van der Waals surface area (Å²) < 4.78 is 5.43. The van der Waals surface area contributed by atoms with Crippen LogP contribution in [0.1, 0.15) is 16.8 Å². The van der Waals surface area contributed by atoms with Crippen LogP contribution in [0.3, 0.4) is 0 Å². The van der Waals surface area contributed by atoms with E-state index in [2.05, 4.69) is 44.4 Å². The van der Waals surface area contributed by atoms with E-state index >= 15 is 0 Å². The third kappa shape index (κ3) is 3.07. The quantitative estimate of drug-likeness (QED) is 0.748. The predicted octanol–water partition coefficient (Wildman–Crippen LogP) is 2.40. The summed E-state index contributed by atoms with van der Waals surface area (Å²) in [5, 5.41) is 9.40. The van der Waals surface area contributed by atoms with Gasteiger partial charge in [-0.1, -0.05) is 29.5 Å². The molecule has 0 spiro atoms. The van der Waals surface area contributed by atoms with Gasteiger partial charge in [0.2, 0.25) is 11.1 Å². The fourth-order valence-electron chi connectivity index (χ4n) is 3.47. The zero-order valence-corrected chi connectivity index (χ0v) is 15.4. The molecule has 1 fully saturated rings.